The minimum atomic E-state index is -1.08. The third-order valence-electron chi connectivity index (χ3n) is 10.0. The molecule has 0 aromatic rings. The van der Waals surface area contributed by atoms with E-state index in [-0.39, 0.29) is 54.0 Å². The number of Topliss-reactive ketones (excluding diaryl/α,β-unsaturated/α-hetero) is 1. The number of carbonyl (C=O) groups is 2. The van der Waals surface area contributed by atoms with E-state index < -0.39 is 23.4 Å². The predicted molar refractivity (Wildman–Crippen MR) is 130 cm³/mol. The molecule has 0 amide bonds. The molecule has 0 aromatic heterocycles. The number of hydrogen-bond donors (Lipinski definition) is 3. The molecule has 0 spiro atoms. The van der Waals surface area contributed by atoms with Gasteiger partial charge in [0.2, 0.25) is 0 Å². The van der Waals surface area contributed by atoms with E-state index >= 15 is 0 Å². The van der Waals surface area contributed by atoms with E-state index in [4.69, 9.17) is 14.6 Å². The maximum absolute atomic E-state index is 13.9. The summed E-state index contributed by atoms with van der Waals surface area (Å²) in [5.74, 6) is 0.446. The van der Waals surface area contributed by atoms with Crippen molar-refractivity contribution >= 4 is 11.6 Å². The zero-order valence-electron chi connectivity index (χ0n) is 21.3. The van der Waals surface area contributed by atoms with E-state index in [0.29, 0.717) is 19.4 Å². The van der Waals surface area contributed by atoms with Crippen LogP contribution in [0.15, 0.2) is 23.8 Å². The molecule has 7 heteroatoms. The summed E-state index contributed by atoms with van der Waals surface area (Å²) in [4.78, 5) is 26.0. The lowest BCUT2D eigenvalue weighted by Crippen LogP contribution is -2.64. The van der Waals surface area contributed by atoms with Crippen LogP contribution in [0.5, 0.6) is 0 Å². The number of allylic oxidation sites excluding steroid dienone is 4. The van der Waals surface area contributed by atoms with Crippen molar-refractivity contribution in [3.05, 3.63) is 23.8 Å². The first-order chi connectivity index (χ1) is 16.7. The molecule has 3 N–H and O–H groups in total. The molecule has 4 aliphatic carbocycles. The van der Waals surface area contributed by atoms with Crippen LogP contribution in [0.4, 0.5) is 0 Å². The third-order valence-corrected chi connectivity index (χ3v) is 10.0. The summed E-state index contributed by atoms with van der Waals surface area (Å²) in [6, 6.07) is 0. The average Bonchev–Trinajstić information content (AvgIpc) is 3.29. The monoisotopic (exact) mass is 487 g/mol. The van der Waals surface area contributed by atoms with Gasteiger partial charge in [0, 0.05) is 23.4 Å². The van der Waals surface area contributed by atoms with Crippen LogP contribution < -0.4 is 5.32 Å². The van der Waals surface area contributed by atoms with E-state index in [1.165, 1.54) is 0 Å². The van der Waals surface area contributed by atoms with Crippen LogP contribution >= 0.6 is 0 Å². The molecule has 7 nitrogen and oxygen atoms in total. The summed E-state index contributed by atoms with van der Waals surface area (Å²) < 4.78 is 13.1. The van der Waals surface area contributed by atoms with Gasteiger partial charge in [0.05, 0.1) is 18.8 Å². The summed E-state index contributed by atoms with van der Waals surface area (Å²) in [5, 5.41) is 24.0. The third kappa shape index (κ3) is 3.64. The van der Waals surface area contributed by atoms with E-state index in [1.807, 2.05) is 6.08 Å². The van der Waals surface area contributed by atoms with Crippen molar-refractivity contribution < 1.29 is 29.3 Å². The highest BCUT2D eigenvalue weighted by Crippen LogP contribution is 2.69. The number of ether oxygens (including phenoxy) is 2. The molecule has 5 aliphatic rings. The standard InChI is InChI=1S/C28H41NO6/c1-4-6-24-34-23-14-20-19-8-7-17-13-18(31)9-10-26(17,2)25(19)21(32)15-27(20,3)28(23,35-24)22(33)16-29-11-5-12-30/h9-10,13,19-21,23-25,29-30,32H,4-8,11-12,14-16H2,1-3H3/t19-,20-,21-,23+,24?,25?,26-,27-,28+/m0/s1. The molecule has 35 heavy (non-hydrogen) atoms. The van der Waals surface area contributed by atoms with Crippen molar-refractivity contribution in [1.29, 1.82) is 0 Å². The summed E-state index contributed by atoms with van der Waals surface area (Å²) in [6.07, 6.45) is 9.31. The molecule has 194 valence electrons. The zero-order valence-corrected chi connectivity index (χ0v) is 21.3. The lowest BCUT2D eigenvalue weighted by atomic mass is 9.46. The van der Waals surface area contributed by atoms with Crippen molar-refractivity contribution in [2.24, 2.45) is 28.6 Å². The quantitative estimate of drug-likeness (QED) is 0.452. The normalized spacial score (nSPS) is 46.0. The Morgan fingerprint density at radius 2 is 2.11 bits per heavy atom. The van der Waals surface area contributed by atoms with Gasteiger partial charge >= 0.3 is 0 Å². The molecule has 4 fully saturated rings. The van der Waals surface area contributed by atoms with Crippen molar-refractivity contribution in [2.75, 3.05) is 19.7 Å². The average molecular weight is 488 g/mol. The van der Waals surface area contributed by atoms with Crippen LogP contribution in [-0.2, 0) is 19.1 Å². The highest BCUT2D eigenvalue weighted by Gasteiger charge is 2.75. The topological polar surface area (TPSA) is 105 Å². The Morgan fingerprint density at radius 1 is 1.31 bits per heavy atom. The summed E-state index contributed by atoms with van der Waals surface area (Å²) in [5.41, 5.74) is -0.834. The predicted octanol–water partition coefficient (Wildman–Crippen LogP) is 2.70. The Bertz CT molecular complexity index is 930. The maximum Gasteiger partial charge on any atom is 0.181 e. The second-order valence-electron chi connectivity index (χ2n) is 11.8. The van der Waals surface area contributed by atoms with E-state index in [0.717, 1.165) is 37.7 Å². The van der Waals surface area contributed by atoms with Gasteiger partial charge in [-0.25, -0.2) is 0 Å². The molecule has 2 unspecified atom stereocenters. The molecular formula is C28H41NO6. The van der Waals surface area contributed by atoms with Gasteiger partial charge in [0.25, 0.3) is 0 Å². The van der Waals surface area contributed by atoms with Gasteiger partial charge in [-0.05, 0) is 69.1 Å². The Morgan fingerprint density at radius 3 is 2.86 bits per heavy atom. The molecule has 0 aromatic carbocycles. The fraction of sp³-hybridized carbons (Fsp3) is 0.786. The fourth-order valence-corrected chi connectivity index (χ4v) is 8.54. The molecule has 0 radical (unpaired) electrons. The summed E-state index contributed by atoms with van der Waals surface area (Å²) in [6.45, 7) is 7.21. The van der Waals surface area contributed by atoms with Gasteiger partial charge in [-0.1, -0.05) is 38.8 Å². The SMILES string of the molecule is CCCC1O[C@@H]2C[C@H]3[C@@H]4CCC5=CC(=O)C=C[C@]5(C)C4[C@@H](O)C[C@]3(C)[C@]2(C(=O)CNCCCO)O1. The first-order valence-corrected chi connectivity index (χ1v) is 13.5. The first kappa shape index (κ1) is 25.3. The Hall–Kier alpha value is -1.38. The van der Waals surface area contributed by atoms with Gasteiger partial charge in [-0.3, -0.25) is 9.59 Å². The number of hydrogen-bond acceptors (Lipinski definition) is 7. The minimum absolute atomic E-state index is 0.000424. The van der Waals surface area contributed by atoms with Crippen LogP contribution in [-0.4, -0.2) is 65.6 Å². The van der Waals surface area contributed by atoms with Crippen molar-refractivity contribution in [3.63, 3.8) is 0 Å². The molecule has 3 saturated carbocycles. The Kier molecular flexibility index (Phi) is 6.63. The molecule has 5 rings (SSSR count). The number of rotatable bonds is 8. The van der Waals surface area contributed by atoms with Crippen LogP contribution in [0.2, 0.25) is 0 Å². The number of aliphatic hydroxyl groups is 2. The second kappa shape index (κ2) is 9.18. The van der Waals surface area contributed by atoms with Crippen LogP contribution in [0.1, 0.15) is 65.7 Å². The number of nitrogens with one attached hydrogen (secondary N) is 1. The molecule has 1 heterocycles. The van der Waals surface area contributed by atoms with E-state index in [2.05, 4.69) is 26.1 Å². The van der Waals surface area contributed by atoms with Gasteiger partial charge in [0.1, 0.15) is 0 Å². The van der Waals surface area contributed by atoms with Crippen molar-refractivity contribution in [2.45, 2.75) is 89.8 Å². The molecule has 0 bridgehead atoms. The smallest absolute Gasteiger partial charge is 0.181 e. The second-order valence-corrected chi connectivity index (χ2v) is 11.8. The largest absolute Gasteiger partial charge is 0.396 e. The lowest BCUT2D eigenvalue weighted by Gasteiger charge is -2.59. The van der Waals surface area contributed by atoms with Gasteiger partial charge in [-0.2, -0.15) is 0 Å². The van der Waals surface area contributed by atoms with Crippen LogP contribution in [0.25, 0.3) is 0 Å². The Balaban J connectivity index is 1.49. The highest BCUT2D eigenvalue weighted by atomic mass is 16.7. The van der Waals surface area contributed by atoms with Crippen molar-refractivity contribution in [1.82, 2.24) is 5.32 Å². The van der Waals surface area contributed by atoms with E-state index in [9.17, 15) is 14.7 Å². The van der Waals surface area contributed by atoms with Gasteiger partial charge in [-0.15, -0.1) is 0 Å². The number of carbonyl (C=O) groups excluding carboxylic acids is 2. The molecule has 1 aliphatic heterocycles. The number of aliphatic hydroxyl groups excluding tert-OH is 2. The first-order valence-electron chi connectivity index (χ1n) is 13.5. The zero-order chi connectivity index (χ0) is 25.0. The Labute approximate surface area is 208 Å². The minimum Gasteiger partial charge on any atom is -0.396 e. The van der Waals surface area contributed by atoms with E-state index in [1.54, 1.807) is 12.2 Å². The van der Waals surface area contributed by atoms with Gasteiger partial charge < -0.3 is 25.0 Å². The number of ketones is 2. The molecule has 1 saturated heterocycles. The fourth-order valence-electron chi connectivity index (χ4n) is 8.54. The van der Waals surface area contributed by atoms with Crippen molar-refractivity contribution in [3.8, 4) is 0 Å². The maximum atomic E-state index is 13.9. The summed E-state index contributed by atoms with van der Waals surface area (Å²) >= 11 is 0. The van der Waals surface area contributed by atoms with Crippen LogP contribution in [0, 0.1) is 28.6 Å². The highest BCUT2D eigenvalue weighted by molar-refractivity contribution is 6.01. The summed E-state index contributed by atoms with van der Waals surface area (Å²) in [7, 11) is 0. The lowest BCUT2D eigenvalue weighted by molar-refractivity contribution is -0.198. The van der Waals surface area contributed by atoms with Gasteiger partial charge in [0.15, 0.2) is 23.5 Å². The molecular weight excluding hydrogens is 446 g/mol. The van der Waals surface area contributed by atoms with Crippen LogP contribution in [0.3, 0.4) is 0 Å². The number of fused-ring (bicyclic) bond motifs is 7. The molecule has 9 atom stereocenters.